The molecule has 116 valence electrons. The van der Waals surface area contributed by atoms with Crippen molar-refractivity contribution in [2.75, 3.05) is 20.7 Å². The Hall–Kier alpha value is -2.33. The Kier molecular flexibility index (Phi) is 5.98. The minimum absolute atomic E-state index is 0.0467. The number of hydrogen-bond acceptors (Lipinski definition) is 3. The molecule has 0 saturated heterocycles. The Labute approximate surface area is 131 Å². The first-order valence-electron chi connectivity index (χ1n) is 7.38. The number of likely N-dealkylation sites (N-methyl/N-ethyl adjacent to an activating group) is 1. The van der Waals surface area contributed by atoms with Crippen LogP contribution in [0.5, 0.6) is 5.75 Å². The van der Waals surface area contributed by atoms with Crippen molar-refractivity contribution in [2.24, 2.45) is 0 Å². The van der Waals surface area contributed by atoms with Gasteiger partial charge < -0.3 is 15.4 Å². The number of carbonyl (C=O) groups excluding carboxylic acids is 1. The molecular formula is C18H22N2O2. The van der Waals surface area contributed by atoms with Crippen LogP contribution in [-0.2, 0) is 13.0 Å². The average molecular weight is 298 g/mol. The number of ether oxygens (including phenoxy) is 1. The highest BCUT2D eigenvalue weighted by atomic mass is 16.5. The third-order valence-electron chi connectivity index (χ3n) is 3.49. The fourth-order valence-corrected chi connectivity index (χ4v) is 2.28. The van der Waals surface area contributed by atoms with Crippen molar-refractivity contribution in [3.8, 4) is 5.75 Å². The van der Waals surface area contributed by atoms with E-state index in [2.05, 4.69) is 10.6 Å². The lowest BCUT2D eigenvalue weighted by atomic mass is 10.0. The molecule has 0 unspecified atom stereocenters. The van der Waals surface area contributed by atoms with Gasteiger partial charge in [-0.1, -0.05) is 30.3 Å². The Morgan fingerprint density at radius 3 is 2.73 bits per heavy atom. The van der Waals surface area contributed by atoms with E-state index >= 15 is 0 Å². The largest absolute Gasteiger partial charge is 0.497 e. The van der Waals surface area contributed by atoms with Gasteiger partial charge in [0.15, 0.2) is 0 Å². The molecule has 0 spiro atoms. The second kappa shape index (κ2) is 8.20. The summed E-state index contributed by atoms with van der Waals surface area (Å²) in [7, 11) is 3.54. The zero-order valence-electron chi connectivity index (χ0n) is 13.1. The van der Waals surface area contributed by atoms with Crippen LogP contribution in [0.4, 0.5) is 0 Å². The van der Waals surface area contributed by atoms with E-state index < -0.39 is 0 Å². The van der Waals surface area contributed by atoms with Crippen LogP contribution in [0, 0.1) is 0 Å². The van der Waals surface area contributed by atoms with Gasteiger partial charge in [0.2, 0.25) is 0 Å². The highest BCUT2D eigenvalue weighted by Gasteiger charge is 2.10. The molecule has 0 aliphatic carbocycles. The van der Waals surface area contributed by atoms with Gasteiger partial charge >= 0.3 is 0 Å². The van der Waals surface area contributed by atoms with Crippen molar-refractivity contribution in [2.45, 2.75) is 13.0 Å². The Balaban J connectivity index is 2.02. The zero-order valence-corrected chi connectivity index (χ0v) is 13.1. The lowest BCUT2D eigenvalue weighted by molar-refractivity contribution is 0.0950. The summed E-state index contributed by atoms with van der Waals surface area (Å²) in [5.74, 6) is 0.746. The van der Waals surface area contributed by atoms with E-state index in [4.69, 9.17) is 4.74 Å². The summed E-state index contributed by atoms with van der Waals surface area (Å²) in [6.07, 6.45) is 0.833. The molecule has 2 rings (SSSR count). The quantitative estimate of drug-likeness (QED) is 0.825. The van der Waals surface area contributed by atoms with Gasteiger partial charge in [-0.25, -0.2) is 0 Å². The third-order valence-corrected chi connectivity index (χ3v) is 3.49. The van der Waals surface area contributed by atoms with Crippen molar-refractivity contribution in [1.82, 2.24) is 10.6 Å². The maximum Gasteiger partial charge on any atom is 0.251 e. The van der Waals surface area contributed by atoms with Crippen LogP contribution in [0.2, 0.25) is 0 Å². The molecule has 4 nitrogen and oxygen atoms in total. The molecule has 0 fully saturated rings. The maximum atomic E-state index is 12.4. The lowest BCUT2D eigenvalue weighted by Gasteiger charge is -2.10. The highest BCUT2D eigenvalue weighted by Crippen LogP contribution is 2.13. The molecule has 2 N–H and O–H groups in total. The van der Waals surface area contributed by atoms with Crippen LogP contribution in [-0.4, -0.2) is 26.6 Å². The Morgan fingerprint density at radius 1 is 1.14 bits per heavy atom. The fourth-order valence-electron chi connectivity index (χ4n) is 2.28. The smallest absolute Gasteiger partial charge is 0.251 e. The molecule has 2 aromatic carbocycles. The van der Waals surface area contributed by atoms with E-state index in [1.807, 2.05) is 55.6 Å². The van der Waals surface area contributed by atoms with Crippen molar-refractivity contribution in [3.63, 3.8) is 0 Å². The van der Waals surface area contributed by atoms with Gasteiger partial charge in [-0.05, 0) is 49.3 Å². The highest BCUT2D eigenvalue weighted by molar-refractivity contribution is 5.95. The van der Waals surface area contributed by atoms with E-state index in [9.17, 15) is 4.79 Å². The van der Waals surface area contributed by atoms with Gasteiger partial charge in [-0.3, -0.25) is 4.79 Å². The Morgan fingerprint density at radius 2 is 1.95 bits per heavy atom. The summed E-state index contributed by atoms with van der Waals surface area (Å²) in [5, 5.41) is 6.08. The van der Waals surface area contributed by atoms with Gasteiger partial charge in [0.05, 0.1) is 7.11 Å². The van der Waals surface area contributed by atoms with E-state index in [1.165, 1.54) is 0 Å². The molecule has 1 amide bonds. The van der Waals surface area contributed by atoms with Crippen molar-refractivity contribution in [1.29, 1.82) is 0 Å². The molecule has 0 atom stereocenters. The van der Waals surface area contributed by atoms with Crippen LogP contribution in [0.25, 0.3) is 0 Å². The number of nitrogens with one attached hydrogen (secondary N) is 2. The minimum atomic E-state index is -0.0467. The van der Waals surface area contributed by atoms with Gasteiger partial charge in [0.25, 0.3) is 5.91 Å². The fraction of sp³-hybridized carbons (Fsp3) is 0.278. The predicted octanol–water partition coefficient (Wildman–Crippen LogP) is 2.39. The van der Waals surface area contributed by atoms with Crippen LogP contribution in [0.3, 0.4) is 0 Å². The van der Waals surface area contributed by atoms with Gasteiger partial charge in [-0.15, -0.1) is 0 Å². The topological polar surface area (TPSA) is 50.4 Å². The number of carbonyl (C=O) groups is 1. The monoisotopic (exact) mass is 298 g/mol. The normalized spacial score (nSPS) is 10.3. The molecule has 0 bridgehead atoms. The molecule has 0 aromatic heterocycles. The molecule has 22 heavy (non-hydrogen) atoms. The second-order valence-electron chi connectivity index (χ2n) is 5.04. The number of methoxy groups -OCH3 is 1. The van der Waals surface area contributed by atoms with E-state index in [0.29, 0.717) is 6.54 Å². The van der Waals surface area contributed by atoms with Crippen LogP contribution in [0.15, 0.2) is 48.5 Å². The first-order valence-corrected chi connectivity index (χ1v) is 7.38. The second-order valence-corrected chi connectivity index (χ2v) is 5.04. The van der Waals surface area contributed by atoms with Crippen LogP contribution < -0.4 is 15.4 Å². The number of hydrogen-bond donors (Lipinski definition) is 2. The standard InChI is InChI=1S/C18H22N2O2/c1-19-11-10-15-7-3-4-9-17(15)18(21)20-13-14-6-5-8-16(12-14)22-2/h3-9,12,19H,10-11,13H2,1-2H3,(H,20,21). The van der Waals surface area contributed by atoms with Crippen LogP contribution >= 0.6 is 0 Å². The summed E-state index contributed by atoms with van der Waals surface area (Å²) in [6.45, 7) is 1.33. The molecule has 0 radical (unpaired) electrons. The van der Waals surface area contributed by atoms with Crippen LogP contribution in [0.1, 0.15) is 21.5 Å². The van der Waals surface area contributed by atoms with E-state index in [1.54, 1.807) is 7.11 Å². The van der Waals surface area contributed by atoms with Crippen molar-refractivity contribution >= 4 is 5.91 Å². The molecule has 0 saturated carbocycles. The van der Waals surface area contributed by atoms with Gasteiger partial charge in [0.1, 0.15) is 5.75 Å². The lowest BCUT2D eigenvalue weighted by Crippen LogP contribution is -2.24. The predicted molar refractivity (Wildman–Crippen MR) is 88.2 cm³/mol. The summed E-state index contributed by atoms with van der Waals surface area (Å²) >= 11 is 0. The maximum absolute atomic E-state index is 12.4. The number of rotatable bonds is 7. The third kappa shape index (κ3) is 4.33. The molecular weight excluding hydrogens is 276 g/mol. The first kappa shape index (κ1) is 16.0. The van der Waals surface area contributed by atoms with Crippen molar-refractivity contribution in [3.05, 3.63) is 65.2 Å². The summed E-state index contributed by atoms with van der Waals surface area (Å²) in [6, 6.07) is 15.4. The molecule has 0 aliphatic rings. The van der Waals surface area contributed by atoms with E-state index in [0.717, 1.165) is 35.4 Å². The summed E-state index contributed by atoms with van der Waals surface area (Å²) in [5.41, 5.74) is 2.81. The Bertz CT molecular complexity index is 626. The average Bonchev–Trinajstić information content (AvgIpc) is 2.58. The molecule has 2 aromatic rings. The zero-order chi connectivity index (χ0) is 15.8. The number of amides is 1. The summed E-state index contributed by atoms with van der Waals surface area (Å²) < 4.78 is 5.19. The minimum Gasteiger partial charge on any atom is -0.497 e. The van der Waals surface area contributed by atoms with Gasteiger partial charge in [-0.2, -0.15) is 0 Å². The number of benzene rings is 2. The van der Waals surface area contributed by atoms with Crippen molar-refractivity contribution < 1.29 is 9.53 Å². The summed E-state index contributed by atoms with van der Waals surface area (Å²) in [4.78, 5) is 12.4. The van der Waals surface area contributed by atoms with E-state index in [-0.39, 0.29) is 5.91 Å². The molecule has 0 heterocycles. The first-order chi connectivity index (χ1) is 10.7. The SMILES string of the molecule is CNCCc1ccccc1C(=O)NCc1cccc(OC)c1. The molecule has 0 aliphatic heterocycles. The van der Waals surface area contributed by atoms with Gasteiger partial charge in [0, 0.05) is 12.1 Å². The molecule has 4 heteroatoms.